The molecule has 4 heteroatoms. The van der Waals surface area contributed by atoms with Crippen molar-refractivity contribution in [3.8, 4) is 5.75 Å². The van der Waals surface area contributed by atoms with Gasteiger partial charge in [-0.15, -0.1) is 0 Å². The third-order valence-corrected chi connectivity index (χ3v) is 4.92. The predicted octanol–water partition coefficient (Wildman–Crippen LogP) is 3.50. The van der Waals surface area contributed by atoms with Crippen molar-refractivity contribution >= 4 is 37.8 Å². The summed E-state index contributed by atoms with van der Waals surface area (Å²) in [5.74, 6) is 0.325. The molecule has 1 aromatic rings. The van der Waals surface area contributed by atoms with Gasteiger partial charge in [-0.05, 0) is 23.3 Å². The molecule has 0 aromatic heterocycles. The summed E-state index contributed by atoms with van der Waals surface area (Å²) in [6.45, 7) is 1.40. The second-order valence-corrected chi connectivity index (χ2v) is 5.16. The Hall–Kier alpha value is -0.350. The quantitative estimate of drug-likeness (QED) is 0.450. The number of carbonyl (C=O) groups excluding carboxylic acids is 1. The molecule has 74 valence electrons. The van der Waals surface area contributed by atoms with Crippen molar-refractivity contribution in [1.82, 2.24) is 0 Å². The highest BCUT2D eigenvalue weighted by atomic mass is 79.9. The van der Waals surface area contributed by atoms with Gasteiger partial charge < -0.3 is 4.74 Å². The number of carbonyl (C=O) groups is 1. The number of hydrogen-bond donors (Lipinski definition) is 0. The summed E-state index contributed by atoms with van der Waals surface area (Å²) in [7, 11) is 0. The van der Waals surface area contributed by atoms with E-state index in [2.05, 4.69) is 31.9 Å². The monoisotopic (exact) mass is 318 g/mol. The van der Waals surface area contributed by atoms with Crippen LogP contribution >= 0.6 is 31.9 Å². The van der Waals surface area contributed by atoms with Gasteiger partial charge in [0.15, 0.2) is 0 Å². The van der Waals surface area contributed by atoms with E-state index >= 15 is 0 Å². The number of benzene rings is 1. The van der Waals surface area contributed by atoms with E-state index in [1.54, 1.807) is 0 Å². The maximum atomic E-state index is 10.7. The summed E-state index contributed by atoms with van der Waals surface area (Å²) in [5, 5.41) is 0. The average molecular weight is 320 g/mol. The average Bonchev–Trinajstić information content (AvgIpc) is 2.16. The maximum absolute atomic E-state index is 10.7. The van der Waals surface area contributed by atoms with Gasteiger partial charge in [0.05, 0.1) is 9.65 Å². The first-order valence-corrected chi connectivity index (χ1v) is 6.03. The molecule has 2 rings (SSSR count). The Kier molecular flexibility index (Phi) is 2.66. The molecule has 0 amide bonds. The molecule has 1 aliphatic rings. The van der Waals surface area contributed by atoms with E-state index in [1.807, 2.05) is 18.2 Å². The van der Waals surface area contributed by atoms with Crippen LogP contribution < -0.4 is 4.74 Å². The molecule has 0 unspecified atom stereocenters. The SMILES string of the molecule is CC(=O)Oc1ccc2c(c1)[C@@H](Br)[C@H]2Br. The minimum atomic E-state index is -0.286. The highest BCUT2D eigenvalue weighted by Gasteiger charge is 2.33. The third-order valence-electron chi connectivity index (χ3n) is 2.17. The molecule has 0 radical (unpaired) electrons. The van der Waals surface area contributed by atoms with E-state index in [1.165, 1.54) is 18.1 Å². The van der Waals surface area contributed by atoms with Crippen LogP contribution in [0.2, 0.25) is 0 Å². The van der Waals surface area contributed by atoms with E-state index in [-0.39, 0.29) is 5.97 Å². The van der Waals surface area contributed by atoms with Crippen LogP contribution in [0.1, 0.15) is 27.7 Å². The number of ether oxygens (including phenoxy) is 1. The Morgan fingerprint density at radius 2 is 1.93 bits per heavy atom. The van der Waals surface area contributed by atoms with Gasteiger partial charge in [-0.25, -0.2) is 0 Å². The summed E-state index contributed by atoms with van der Waals surface area (Å²) in [6, 6.07) is 5.69. The van der Waals surface area contributed by atoms with Crippen LogP contribution in [-0.4, -0.2) is 5.97 Å². The summed E-state index contributed by atoms with van der Waals surface area (Å²) in [4.78, 5) is 11.4. The zero-order valence-corrected chi connectivity index (χ0v) is 10.6. The van der Waals surface area contributed by atoms with E-state index < -0.39 is 0 Å². The molecule has 0 spiro atoms. The fraction of sp³-hybridized carbons (Fsp3) is 0.300. The first-order chi connectivity index (χ1) is 6.59. The van der Waals surface area contributed by atoms with E-state index in [0.717, 1.165) is 0 Å². The Labute approximate surface area is 98.9 Å². The molecule has 0 aliphatic heterocycles. The van der Waals surface area contributed by atoms with Crippen LogP contribution in [0.15, 0.2) is 18.2 Å². The highest BCUT2D eigenvalue weighted by Crippen LogP contribution is 2.54. The summed E-state index contributed by atoms with van der Waals surface area (Å²) >= 11 is 7.08. The Morgan fingerprint density at radius 3 is 2.57 bits per heavy atom. The van der Waals surface area contributed by atoms with Crippen molar-refractivity contribution in [1.29, 1.82) is 0 Å². The zero-order chi connectivity index (χ0) is 10.3. The van der Waals surface area contributed by atoms with Crippen LogP contribution in [0.4, 0.5) is 0 Å². The van der Waals surface area contributed by atoms with Gasteiger partial charge in [0.25, 0.3) is 0 Å². The molecule has 0 bridgehead atoms. The van der Waals surface area contributed by atoms with Crippen molar-refractivity contribution in [3.63, 3.8) is 0 Å². The predicted molar refractivity (Wildman–Crippen MR) is 61.1 cm³/mol. The van der Waals surface area contributed by atoms with Crippen molar-refractivity contribution in [3.05, 3.63) is 29.3 Å². The number of halogens is 2. The van der Waals surface area contributed by atoms with Crippen molar-refractivity contribution < 1.29 is 9.53 Å². The minimum absolute atomic E-state index is 0.286. The number of hydrogen-bond acceptors (Lipinski definition) is 2. The molecule has 2 nitrogen and oxygen atoms in total. The Bertz CT molecular complexity index is 390. The van der Waals surface area contributed by atoms with E-state index in [9.17, 15) is 4.79 Å². The van der Waals surface area contributed by atoms with Crippen molar-refractivity contribution in [2.75, 3.05) is 0 Å². The second-order valence-electron chi connectivity index (χ2n) is 3.19. The number of rotatable bonds is 1. The molecular formula is C10H8Br2O2. The van der Waals surface area contributed by atoms with Gasteiger partial charge >= 0.3 is 5.97 Å². The van der Waals surface area contributed by atoms with E-state index in [0.29, 0.717) is 15.4 Å². The lowest BCUT2D eigenvalue weighted by Gasteiger charge is -2.31. The lowest BCUT2D eigenvalue weighted by atomic mass is 9.88. The first-order valence-electron chi connectivity index (χ1n) is 4.20. The molecule has 0 heterocycles. The van der Waals surface area contributed by atoms with Crippen LogP contribution in [0.3, 0.4) is 0 Å². The molecule has 2 atom stereocenters. The molecule has 0 saturated heterocycles. The van der Waals surface area contributed by atoms with E-state index in [4.69, 9.17) is 4.74 Å². The molecule has 0 saturated carbocycles. The van der Waals surface area contributed by atoms with Gasteiger partial charge in [-0.2, -0.15) is 0 Å². The van der Waals surface area contributed by atoms with Crippen molar-refractivity contribution in [2.45, 2.75) is 16.6 Å². The fourth-order valence-corrected chi connectivity index (χ4v) is 2.87. The first kappa shape index (κ1) is 10.2. The number of fused-ring (bicyclic) bond motifs is 1. The fourth-order valence-electron chi connectivity index (χ4n) is 1.49. The van der Waals surface area contributed by atoms with Crippen molar-refractivity contribution in [2.24, 2.45) is 0 Å². The topological polar surface area (TPSA) is 26.3 Å². The lowest BCUT2D eigenvalue weighted by Crippen LogP contribution is -2.15. The molecular weight excluding hydrogens is 312 g/mol. The molecule has 1 aliphatic carbocycles. The highest BCUT2D eigenvalue weighted by molar-refractivity contribution is 9.12. The van der Waals surface area contributed by atoms with Crippen LogP contribution in [0.25, 0.3) is 0 Å². The largest absolute Gasteiger partial charge is 0.427 e. The van der Waals surface area contributed by atoms with Crippen LogP contribution in [0.5, 0.6) is 5.75 Å². The molecule has 0 fully saturated rings. The van der Waals surface area contributed by atoms with Gasteiger partial charge in [-0.3, -0.25) is 4.79 Å². The maximum Gasteiger partial charge on any atom is 0.308 e. The minimum Gasteiger partial charge on any atom is -0.427 e. The lowest BCUT2D eigenvalue weighted by molar-refractivity contribution is -0.131. The third kappa shape index (κ3) is 1.61. The summed E-state index contributed by atoms with van der Waals surface area (Å²) in [6.07, 6.45) is 0. The molecule has 0 N–H and O–H groups in total. The number of alkyl halides is 2. The standard InChI is InChI=1S/C10H8Br2O2/c1-5(13)14-6-2-3-7-8(4-6)10(12)9(7)11/h2-4,9-10H,1H3/t9-,10+/m0/s1. The molecule has 14 heavy (non-hydrogen) atoms. The Morgan fingerprint density at radius 1 is 1.29 bits per heavy atom. The van der Waals surface area contributed by atoms with Gasteiger partial charge in [-0.1, -0.05) is 37.9 Å². The van der Waals surface area contributed by atoms with Gasteiger partial charge in [0.1, 0.15) is 5.75 Å². The normalized spacial score (nSPS) is 23.6. The smallest absolute Gasteiger partial charge is 0.308 e. The zero-order valence-electron chi connectivity index (χ0n) is 7.46. The Balaban J connectivity index is 2.28. The summed E-state index contributed by atoms with van der Waals surface area (Å²) in [5.41, 5.74) is 2.44. The van der Waals surface area contributed by atoms with Gasteiger partial charge in [0, 0.05) is 6.92 Å². The van der Waals surface area contributed by atoms with Gasteiger partial charge in [0.2, 0.25) is 0 Å². The molecule has 1 aromatic carbocycles. The number of esters is 1. The summed E-state index contributed by atoms with van der Waals surface area (Å²) < 4.78 is 4.99. The van der Waals surface area contributed by atoms with Crippen LogP contribution in [-0.2, 0) is 4.79 Å². The second kappa shape index (κ2) is 3.66. The van der Waals surface area contributed by atoms with Crippen LogP contribution in [0, 0.1) is 0 Å².